The number of nitrogens with one attached hydrogen (secondary N) is 1. The molecule has 1 amide bonds. The number of nitrogens with zero attached hydrogens (tertiary/aromatic N) is 1. The highest BCUT2D eigenvalue weighted by atomic mass is 32.2. The van der Waals surface area contributed by atoms with Crippen molar-refractivity contribution in [2.45, 2.75) is 75.1 Å². The molecule has 0 spiro atoms. The van der Waals surface area contributed by atoms with Crippen molar-refractivity contribution >= 4 is 21.9 Å². The van der Waals surface area contributed by atoms with Crippen LogP contribution in [0.1, 0.15) is 58.3 Å². The van der Waals surface area contributed by atoms with Crippen LogP contribution in [0.15, 0.2) is 0 Å². The Balaban J connectivity index is 1.49. The fourth-order valence-electron chi connectivity index (χ4n) is 6.30. The zero-order valence-electron chi connectivity index (χ0n) is 15.2. The SMILES string of the molecule is C[C@H](NS(=O)(=O)C12CC3CC(CC(C3)C1)C2)C(=O)N1CCC[C@H]1C(=O)O. The third kappa shape index (κ3) is 2.85. The number of hydrogen-bond acceptors (Lipinski definition) is 4. The summed E-state index contributed by atoms with van der Waals surface area (Å²) in [5.41, 5.74) is 0. The highest BCUT2D eigenvalue weighted by Gasteiger charge is 2.57. The first-order valence-corrected chi connectivity index (χ1v) is 11.2. The molecule has 4 aliphatic carbocycles. The van der Waals surface area contributed by atoms with E-state index in [1.54, 1.807) is 0 Å². The van der Waals surface area contributed by atoms with Gasteiger partial charge in [-0.05, 0) is 76.0 Å². The van der Waals surface area contributed by atoms with E-state index in [1.165, 1.54) is 11.8 Å². The summed E-state index contributed by atoms with van der Waals surface area (Å²) in [7, 11) is -3.64. The van der Waals surface area contributed by atoms with Gasteiger partial charge in [-0.1, -0.05) is 0 Å². The quantitative estimate of drug-likeness (QED) is 0.744. The van der Waals surface area contributed by atoms with Gasteiger partial charge in [0.1, 0.15) is 6.04 Å². The van der Waals surface area contributed by atoms with Gasteiger partial charge in [0, 0.05) is 6.54 Å². The maximum absolute atomic E-state index is 13.2. The molecule has 5 fully saturated rings. The van der Waals surface area contributed by atoms with Crippen molar-refractivity contribution in [3.05, 3.63) is 0 Å². The standard InChI is InChI=1S/C18H28N2O5S/c1-11(16(21)20-4-2-3-15(20)17(22)23)19-26(24,25)18-8-12-5-13(9-18)7-14(6-12)10-18/h11-15,19H,2-10H2,1H3,(H,22,23)/t11-,12?,13?,14?,15-,18?/m0/s1. The molecule has 1 heterocycles. The van der Waals surface area contributed by atoms with Crippen molar-refractivity contribution in [1.29, 1.82) is 0 Å². The van der Waals surface area contributed by atoms with E-state index in [4.69, 9.17) is 0 Å². The van der Waals surface area contributed by atoms with Crippen LogP contribution < -0.4 is 4.72 Å². The fraction of sp³-hybridized carbons (Fsp3) is 0.889. The van der Waals surface area contributed by atoms with Crippen LogP contribution in [0.25, 0.3) is 0 Å². The van der Waals surface area contributed by atoms with Crippen molar-refractivity contribution < 1.29 is 23.1 Å². The molecule has 1 saturated heterocycles. The molecule has 7 nitrogen and oxygen atoms in total. The van der Waals surface area contributed by atoms with Crippen LogP contribution in [-0.2, 0) is 19.6 Å². The predicted molar refractivity (Wildman–Crippen MR) is 94.8 cm³/mol. The van der Waals surface area contributed by atoms with Crippen LogP contribution in [0.2, 0.25) is 0 Å². The Morgan fingerprint density at radius 3 is 2.15 bits per heavy atom. The molecule has 4 saturated carbocycles. The number of carboxylic acid groups (broad SMARTS) is 1. The summed E-state index contributed by atoms with van der Waals surface area (Å²) in [6, 6.07) is -1.76. The van der Waals surface area contributed by atoms with E-state index in [0.29, 0.717) is 56.4 Å². The van der Waals surface area contributed by atoms with E-state index >= 15 is 0 Å². The lowest BCUT2D eigenvalue weighted by Crippen LogP contribution is -2.60. The molecule has 5 rings (SSSR count). The van der Waals surface area contributed by atoms with Crippen molar-refractivity contribution in [3.63, 3.8) is 0 Å². The number of carboxylic acids is 1. The van der Waals surface area contributed by atoms with Gasteiger partial charge in [-0.25, -0.2) is 17.9 Å². The second kappa shape index (κ2) is 6.19. The first kappa shape index (κ1) is 18.2. The zero-order valence-corrected chi connectivity index (χ0v) is 16.0. The second-order valence-corrected chi connectivity index (χ2v) is 11.1. The molecule has 5 aliphatic rings. The molecular weight excluding hydrogens is 356 g/mol. The van der Waals surface area contributed by atoms with Gasteiger partial charge in [-0.15, -0.1) is 0 Å². The lowest BCUT2D eigenvalue weighted by Gasteiger charge is -2.55. The molecule has 0 radical (unpaired) electrons. The van der Waals surface area contributed by atoms with Gasteiger partial charge < -0.3 is 10.0 Å². The lowest BCUT2D eigenvalue weighted by atomic mass is 9.56. The number of likely N-dealkylation sites (tertiary alicyclic amines) is 1. The molecule has 0 aromatic rings. The Kier molecular flexibility index (Phi) is 4.34. The zero-order chi connectivity index (χ0) is 18.7. The van der Waals surface area contributed by atoms with E-state index in [-0.39, 0.29) is 0 Å². The number of amides is 1. The topological polar surface area (TPSA) is 104 Å². The fourth-order valence-corrected chi connectivity index (χ4v) is 8.49. The average molecular weight is 384 g/mol. The van der Waals surface area contributed by atoms with Crippen molar-refractivity contribution in [2.75, 3.05) is 6.54 Å². The van der Waals surface area contributed by atoms with E-state index < -0.39 is 38.7 Å². The van der Waals surface area contributed by atoms with Gasteiger partial charge in [0.2, 0.25) is 15.9 Å². The van der Waals surface area contributed by atoms with Gasteiger partial charge in [-0.2, -0.15) is 0 Å². The molecule has 1 aliphatic heterocycles. The van der Waals surface area contributed by atoms with Crippen LogP contribution in [0.5, 0.6) is 0 Å². The number of rotatable bonds is 5. The Morgan fingerprint density at radius 2 is 1.65 bits per heavy atom. The van der Waals surface area contributed by atoms with E-state index in [9.17, 15) is 23.1 Å². The third-order valence-electron chi connectivity index (χ3n) is 7.08. The van der Waals surface area contributed by atoms with Gasteiger partial charge in [0.25, 0.3) is 0 Å². The summed E-state index contributed by atoms with van der Waals surface area (Å²) in [4.78, 5) is 25.3. The van der Waals surface area contributed by atoms with Crippen molar-refractivity contribution in [2.24, 2.45) is 17.8 Å². The second-order valence-electron chi connectivity index (χ2n) is 8.97. The first-order chi connectivity index (χ1) is 12.2. The number of carbonyl (C=O) groups is 2. The summed E-state index contributed by atoms with van der Waals surface area (Å²) in [6.07, 6.45) is 6.63. The summed E-state index contributed by atoms with van der Waals surface area (Å²) >= 11 is 0. The monoisotopic (exact) mass is 384 g/mol. The molecule has 0 unspecified atom stereocenters. The molecule has 4 bridgehead atoms. The van der Waals surface area contributed by atoms with E-state index in [2.05, 4.69) is 4.72 Å². The van der Waals surface area contributed by atoms with Crippen LogP contribution in [0.3, 0.4) is 0 Å². The highest BCUT2D eigenvalue weighted by Crippen LogP contribution is 2.58. The Morgan fingerprint density at radius 1 is 1.12 bits per heavy atom. The van der Waals surface area contributed by atoms with Crippen LogP contribution in [0, 0.1) is 17.8 Å². The molecule has 2 atom stereocenters. The molecule has 8 heteroatoms. The average Bonchev–Trinajstić information content (AvgIpc) is 3.02. The Bertz CT molecular complexity index is 684. The maximum atomic E-state index is 13.2. The van der Waals surface area contributed by atoms with Crippen molar-refractivity contribution in [3.8, 4) is 0 Å². The molecule has 26 heavy (non-hydrogen) atoms. The normalized spacial score (nSPS) is 40.0. The first-order valence-electron chi connectivity index (χ1n) is 9.76. The summed E-state index contributed by atoms with van der Waals surface area (Å²) < 4.78 is 28.4. The number of sulfonamides is 1. The summed E-state index contributed by atoms with van der Waals surface area (Å²) in [5.74, 6) is 0.0478. The smallest absolute Gasteiger partial charge is 0.326 e. The van der Waals surface area contributed by atoms with Crippen molar-refractivity contribution in [1.82, 2.24) is 9.62 Å². The predicted octanol–water partition coefficient (Wildman–Crippen LogP) is 1.34. The largest absolute Gasteiger partial charge is 0.480 e. The lowest BCUT2D eigenvalue weighted by molar-refractivity contribution is -0.148. The summed E-state index contributed by atoms with van der Waals surface area (Å²) in [5, 5.41) is 9.27. The molecule has 146 valence electrons. The molecule has 0 aromatic heterocycles. The summed E-state index contributed by atoms with van der Waals surface area (Å²) in [6.45, 7) is 1.91. The molecule has 2 N–H and O–H groups in total. The Hall–Kier alpha value is -1.15. The van der Waals surface area contributed by atoms with Crippen LogP contribution in [-0.4, -0.2) is 53.7 Å². The van der Waals surface area contributed by atoms with Gasteiger partial charge in [-0.3, -0.25) is 4.79 Å². The van der Waals surface area contributed by atoms with Crippen LogP contribution >= 0.6 is 0 Å². The van der Waals surface area contributed by atoms with E-state index in [0.717, 1.165) is 19.3 Å². The minimum absolute atomic E-state index is 0.374. The molecular formula is C18H28N2O5S. The minimum atomic E-state index is -3.64. The number of hydrogen-bond donors (Lipinski definition) is 2. The van der Waals surface area contributed by atoms with E-state index in [1.807, 2.05) is 0 Å². The molecule has 0 aromatic carbocycles. The van der Waals surface area contributed by atoms with Crippen LogP contribution in [0.4, 0.5) is 0 Å². The van der Waals surface area contributed by atoms with Gasteiger partial charge >= 0.3 is 5.97 Å². The Labute approximate surface area is 154 Å². The van der Waals surface area contributed by atoms with Gasteiger partial charge in [0.05, 0.1) is 10.8 Å². The maximum Gasteiger partial charge on any atom is 0.326 e. The minimum Gasteiger partial charge on any atom is -0.480 e. The highest BCUT2D eigenvalue weighted by molar-refractivity contribution is 7.91. The number of carbonyl (C=O) groups excluding carboxylic acids is 1. The number of aliphatic carboxylic acids is 1. The third-order valence-corrected chi connectivity index (χ3v) is 9.38. The van der Waals surface area contributed by atoms with Gasteiger partial charge in [0.15, 0.2) is 0 Å².